The molecule has 1 atom stereocenters. The Kier molecular flexibility index (Phi) is 6.11. The van der Waals surface area contributed by atoms with Crippen LogP contribution in [-0.4, -0.2) is 36.1 Å². The molecule has 2 amide bonds. The van der Waals surface area contributed by atoms with Gasteiger partial charge in [-0.2, -0.15) is 0 Å². The SMILES string of the molecule is CC(C)[C@@H](CO)NC(=O)CNC(=O)c1ccccc1F. The van der Waals surface area contributed by atoms with Crippen molar-refractivity contribution in [2.75, 3.05) is 13.2 Å². The third-order valence-corrected chi connectivity index (χ3v) is 2.88. The summed E-state index contributed by atoms with van der Waals surface area (Å²) in [6, 6.07) is 5.17. The fraction of sp³-hybridized carbons (Fsp3) is 0.429. The van der Waals surface area contributed by atoms with Crippen molar-refractivity contribution in [1.82, 2.24) is 10.6 Å². The highest BCUT2D eigenvalue weighted by Gasteiger charge is 2.16. The zero-order valence-corrected chi connectivity index (χ0v) is 11.5. The minimum absolute atomic E-state index is 0.0752. The number of halogens is 1. The molecule has 1 rings (SSSR count). The lowest BCUT2D eigenvalue weighted by Gasteiger charge is -2.19. The van der Waals surface area contributed by atoms with Gasteiger partial charge < -0.3 is 15.7 Å². The molecule has 110 valence electrons. The van der Waals surface area contributed by atoms with Crippen LogP contribution < -0.4 is 10.6 Å². The van der Waals surface area contributed by atoms with E-state index in [1.54, 1.807) is 6.07 Å². The zero-order chi connectivity index (χ0) is 15.1. The minimum Gasteiger partial charge on any atom is -0.394 e. The first-order chi connectivity index (χ1) is 9.45. The van der Waals surface area contributed by atoms with Crippen LogP contribution in [0.2, 0.25) is 0 Å². The summed E-state index contributed by atoms with van der Waals surface area (Å²) in [4.78, 5) is 23.3. The summed E-state index contributed by atoms with van der Waals surface area (Å²) >= 11 is 0. The lowest BCUT2D eigenvalue weighted by molar-refractivity contribution is -0.121. The molecule has 0 aliphatic carbocycles. The molecule has 0 spiro atoms. The van der Waals surface area contributed by atoms with Gasteiger partial charge in [-0.05, 0) is 18.1 Å². The Balaban J connectivity index is 2.49. The number of aliphatic hydroxyl groups excluding tert-OH is 1. The smallest absolute Gasteiger partial charge is 0.254 e. The largest absolute Gasteiger partial charge is 0.394 e. The maximum Gasteiger partial charge on any atom is 0.254 e. The molecule has 0 aliphatic heterocycles. The summed E-state index contributed by atoms with van der Waals surface area (Å²) in [6.45, 7) is 3.28. The van der Waals surface area contributed by atoms with Crippen molar-refractivity contribution >= 4 is 11.8 Å². The van der Waals surface area contributed by atoms with Gasteiger partial charge in [0.2, 0.25) is 5.91 Å². The van der Waals surface area contributed by atoms with Crippen LogP contribution in [0.3, 0.4) is 0 Å². The standard InChI is InChI=1S/C14H19FN2O3/c1-9(2)12(8-18)17-13(19)7-16-14(20)10-5-3-4-6-11(10)15/h3-6,9,12,18H,7-8H2,1-2H3,(H,16,20)(H,17,19)/t12-/m1/s1. The van der Waals surface area contributed by atoms with Crippen molar-refractivity contribution < 1.29 is 19.1 Å². The molecule has 0 fully saturated rings. The maximum atomic E-state index is 13.3. The van der Waals surface area contributed by atoms with E-state index in [-0.39, 0.29) is 30.7 Å². The van der Waals surface area contributed by atoms with Crippen molar-refractivity contribution in [3.05, 3.63) is 35.6 Å². The molecule has 5 nitrogen and oxygen atoms in total. The van der Waals surface area contributed by atoms with E-state index in [1.165, 1.54) is 18.2 Å². The summed E-state index contributed by atoms with van der Waals surface area (Å²) in [5, 5.41) is 14.0. The number of hydrogen-bond acceptors (Lipinski definition) is 3. The molecule has 6 heteroatoms. The molecule has 0 bridgehead atoms. The number of hydrogen-bond donors (Lipinski definition) is 3. The molecule has 1 aromatic carbocycles. The van der Waals surface area contributed by atoms with Gasteiger partial charge in [-0.3, -0.25) is 9.59 Å². The Hall–Kier alpha value is -1.95. The van der Waals surface area contributed by atoms with E-state index >= 15 is 0 Å². The Morgan fingerprint density at radius 1 is 1.30 bits per heavy atom. The number of nitrogens with one attached hydrogen (secondary N) is 2. The zero-order valence-electron chi connectivity index (χ0n) is 11.5. The number of carbonyl (C=O) groups is 2. The summed E-state index contributed by atoms with van der Waals surface area (Å²) in [5.41, 5.74) is -0.108. The summed E-state index contributed by atoms with van der Waals surface area (Å²) < 4.78 is 13.3. The summed E-state index contributed by atoms with van der Waals surface area (Å²) in [7, 11) is 0. The lowest BCUT2D eigenvalue weighted by atomic mass is 10.1. The third-order valence-electron chi connectivity index (χ3n) is 2.88. The van der Waals surface area contributed by atoms with Crippen LogP contribution in [0.4, 0.5) is 4.39 Å². The van der Waals surface area contributed by atoms with Gasteiger partial charge in [-0.1, -0.05) is 26.0 Å². The fourth-order valence-electron chi connectivity index (χ4n) is 1.58. The van der Waals surface area contributed by atoms with Gasteiger partial charge in [0, 0.05) is 0 Å². The Morgan fingerprint density at radius 3 is 2.50 bits per heavy atom. The van der Waals surface area contributed by atoms with Crippen LogP contribution in [-0.2, 0) is 4.79 Å². The van der Waals surface area contributed by atoms with Crippen LogP contribution in [0.5, 0.6) is 0 Å². The Labute approximate surface area is 117 Å². The monoisotopic (exact) mass is 282 g/mol. The molecule has 3 N–H and O–H groups in total. The number of aliphatic hydroxyl groups is 1. The number of carbonyl (C=O) groups excluding carboxylic acids is 2. The van der Waals surface area contributed by atoms with Gasteiger partial charge in [0.1, 0.15) is 5.82 Å². The average molecular weight is 282 g/mol. The van der Waals surface area contributed by atoms with E-state index in [2.05, 4.69) is 10.6 Å². The highest BCUT2D eigenvalue weighted by molar-refractivity contribution is 5.96. The van der Waals surface area contributed by atoms with E-state index in [1.807, 2.05) is 13.8 Å². The van der Waals surface area contributed by atoms with Gasteiger partial charge in [0.05, 0.1) is 24.8 Å². The van der Waals surface area contributed by atoms with Gasteiger partial charge in [-0.25, -0.2) is 4.39 Å². The first-order valence-electron chi connectivity index (χ1n) is 6.38. The third kappa shape index (κ3) is 4.62. The second-order valence-corrected chi connectivity index (χ2v) is 4.76. The fourth-order valence-corrected chi connectivity index (χ4v) is 1.58. The first kappa shape index (κ1) is 16.1. The molecular formula is C14H19FN2O3. The minimum atomic E-state index is -0.650. The molecular weight excluding hydrogens is 263 g/mol. The van der Waals surface area contributed by atoms with Crippen molar-refractivity contribution in [3.63, 3.8) is 0 Å². The lowest BCUT2D eigenvalue weighted by Crippen LogP contribution is -2.45. The second-order valence-electron chi connectivity index (χ2n) is 4.76. The molecule has 0 heterocycles. The number of benzene rings is 1. The van der Waals surface area contributed by atoms with Crippen LogP contribution in [0.25, 0.3) is 0 Å². The predicted octanol–water partition coefficient (Wildman–Crippen LogP) is 0.689. The quantitative estimate of drug-likeness (QED) is 0.718. The van der Waals surface area contributed by atoms with Crippen molar-refractivity contribution in [2.24, 2.45) is 5.92 Å². The van der Waals surface area contributed by atoms with Crippen LogP contribution in [0.1, 0.15) is 24.2 Å². The molecule has 0 unspecified atom stereocenters. The van der Waals surface area contributed by atoms with Gasteiger partial charge >= 0.3 is 0 Å². The normalized spacial score (nSPS) is 12.1. The molecule has 0 saturated carbocycles. The Morgan fingerprint density at radius 2 is 1.95 bits per heavy atom. The van der Waals surface area contributed by atoms with Gasteiger partial charge in [-0.15, -0.1) is 0 Å². The molecule has 0 aromatic heterocycles. The molecule has 0 radical (unpaired) electrons. The van der Waals surface area contributed by atoms with Crippen molar-refractivity contribution in [3.8, 4) is 0 Å². The van der Waals surface area contributed by atoms with E-state index in [9.17, 15) is 14.0 Å². The predicted molar refractivity (Wildman–Crippen MR) is 72.6 cm³/mol. The van der Waals surface area contributed by atoms with Crippen LogP contribution in [0, 0.1) is 11.7 Å². The topological polar surface area (TPSA) is 78.4 Å². The maximum absolute atomic E-state index is 13.3. The highest BCUT2D eigenvalue weighted by atomic mass is 19.1. The van der Waals surface area contributed by atoms with E-state index in [0.717, 1.165) is 0 Å². The van der Waals surface area contributed by atoms with E-state index in [0.29, 0.717) is 0 Å². The highest BCUT2D eigenvalue weighted by Crippen LogP contribution is 2.05. The first-order valence-corrected chi connectivity index (χ1v) is 6.38. The van der Waals surface area contributed by atoms with E-state index in [4.69, 9.17) is 5.11 Å². The van der Waals surface area contributed by atoms with Crippen molar-refractivity contribution in [1.29, 1.82) is 0 Å². The molecule has 0 aliphatic rings. The Bertz CT molecular complexity index is 477. The number of rotatable bonds is 6. The number of amides is 2. The summed E-state index contributed by atoms with van der Waals surface area (Å²) in [6.07, 6.45) is 0. The molecule has 20 heavy (non-hydrogen) atoms. The van der Waals surface area contributed by atoms with Crippen molar-refractivity contribution in [2.45, 2.75) is 19.9 Å². The van der Waals surface area contributed by atoms with E-state index < -0.39 is 17.6 Å². The molecule has 1 aromatic rings. The van der Waals surface area contributed by atoms with Crippen LogP contribution >= 0.6 is 0 Å². The van der Waals surface area contributed by atoms with Crippen LogP contribution in [0.15, 0.2) is 24.3 Å². The average Bonchev–Trinajstić information content (AvgIpc) is 2.42. The summed E-state index contributed by atoms with van der Waals surface area (Å²) in [5.74, 6) is -1.64. The van der Waals surface area contributed by atoms with Gasteiger partial charge in [0.15, 0.2) is 0 Å². The van der Waals surface area contributed by atoms with Gasteiger partial charge in [0.25, 0.3) is 5.91 Å². The molecule has 0 saturated heterocycles. The second kappa shape index (κ2) is 7.59.